The highest BCUT2D eigenvalue weighted by Crippen LogP contribution is 2.22. The van der Waals surface area contributed by atoms with Crippen molar-refractivity contribution in [3.63, 3.8) is 0 Å². The minimum atomic E-state index is -0.319. The molecule has 50 valence electrons. The summed E-state index contributed by atoms with van der Waals surface area (Å²) in [6, 6.07) is 0. The van der Waals surface area contributed by atoms with Gasteiger partial charge in [-0.2, -0.15) is 0 Å². The molecule has 2 heteroatoms. The van der Waals surface area contributed by atoms with Crippen molar-refractivity contribution in [2.45, 2.75) is 20.3 Å². The lowest BCUT2D eigenvalue weighted by molar-refractivity contribution is -0.127. The van der Waals surface area contributed by atoms with Crippen LogP contribution in [0.3, 0.4) is 0 Å². The summed E-state index contributed by atoms with van der Waals surface area (Å²) < 4.78 is 0. The van der Waals surface area contributed by atoms with Gasteiger partial charge in [-0.3, -0.25) is 9.59 Å². The highest BCUT2D eigenvalue weighted by molar-refractivity contribution is 6.09. The van der Waals surface area contributed by atoms with E-state index in [0.29, 0.717) is 6.42 Å². The average molecular weight is 126 g/mol. The lowest BCUT2D eigenvalue weighted by Gasteiger charge is -1.95. The van der Waals surface area contributed by atoms with Crippen LogP contribution in [0.2, 0.25) is 0 Å². The van der Waals surface area contributed by atoms with Crippen LogP contribution in [-0.4, -0.2) is 11.6 Å². The molecule has 0 bridgehead atoms. The molecule has 0 spiro atoms. The number of rotatable bonds is 0. The Kier molecular flexibility index (Phi) is 1.39. The van der Waals surface area contributed by atoms with Gasteiger partial charge in [-0.05, 0) is 6.92 Å². The van der Waals surface area contributed by atoms with Gasteiger partial charge < -0.3 is 0 Å². The number of ketones is 2. The topological polar surface area (TPSA) is 34.1 Å². The van der Waals surface area contributed by atoms with E-state index in [4.69, 9.17) is 0 Å². The zero-order chi connectivity index (χ0) is 7.02. The van der Waals surface area contributed by atoms with Gasteiger partial charge in [-0.25, -0.2) is 0 Å². The standard InChI is InChI=1S/C7H10O2/c1-4-3-6(8)5(2)7(4)9/h4-5H,3H2,1-2H3. The van der Waals surface area contributed by atoms with Gasteiger partial charge in [-0.15, -0.1) is 0 Å². The van der Waals surface area contributed by atoms with Crippen molar-refractivity contribution in [1.29, 1.82) is 0 Å². The van der Waals surface area contributed by atoms with Gasteiger partial charge in [0.15, 0.2) is 0 Å². The van der Waals surface area contributed by atoms with Gasteiger partial charge >= 0.3 is 0 Å². The molecule has 0 saturated heterocycles. The first-order valence-electron chi connectivity index (χ1n) is 3.19. The fourth-order valence-electron chi connectivity index (χ4n) is 1.16. The second-order valence-electron chi connectivity index (χ2n) is 2.70. The first-order valence-corrected chi connectivity index (χ1v) is 3.19. The van der Waals surface area contributed by atoms with Crippen LogP contribution in [0, 0.1) is 11.8 Å². The highest BCUT2D eigenvalue weighted by atomic mass is 16.2. The van der Waals surface area contributed by atoms with E-state index in [2.05, 4.69) is 0 Å². The summed E-state index contributed by atoms with van der Waals surface area (Å²) >= 11 is 0. The minimum absolute atomic E-state index is 0.0208. The molecule has 9 heavy (non-hydrogen) atoms. The largest absolute Gasteiger partial charge is 0.299 e. The monoisotopic (exact) mass is 126 g/mol. The maximum atomic E-state index is 10.9. The lowest BCUT2D eigenvalue weighted by atomic mass is 10.1. The molecule has 2 nitrogen and oxygen atoms in total. The number of hydrogen-bond acceptors (Lipinski definition) is 2. The molecule has 0 aromatic rings. The van der Waals surface area contributed by atoms with Crippen molar-refractivity contribution in [2.75, 3.05) is 0 Å². The number of carbonyl (C=O) groups excluding carboxylic acids is 2. The van der Waals surface area contributed by atoms with Crippen molar-refractivity contribution in [3.05, 3.63) is 0 Å². The molecule has 1 aliphatic carbocycles. The summed E-state index contributed by atoms with van der Waals surface area (Å²) in [6.07, 6.45) is 0.458. The summed E-state index contributed by atoms with van der Waals surface area (Å²) in [4.78, 5) is 21.7. The summed E-state index contributed by atoms with van der Waals surface area (Å²) in [5.74, 6) is -0.125. The van der Waals surface area contributed by atoms with Crippen LogP contribution in [0.4, 0.5) is 0 Å². The Morgan fingerprint density at radius 3 is 2.00 bits per heavy atom. The maximum absolute atomic E-state index is 10.9. The van der Waals surface area contributed by atoms with Gasteiger partial charge in [0.05, 0.1) is 5.92 Å². The van der Waals surface area contributed by atoms with Gasteiger partial charge in [0.2, 0.25) is 0 Å². The second-order valence-corrected chi connectivity index (χ2v) is 2.70. The van der Waals surface area contributed by atoms with E-state index in [1.807, 2.05) is 6.92 Å². The molecular formula is C7H10O2. The molecule has 0 aromatic carbocycles. The zero-order valence-corrected chi connectivity index (χ0v) is 5.68. The smallest absolute Gasteiger partial charge is 0.146 e. The summed E-state index contributed by atoms with van der Waals surface area (Å²) in [5, 5.41) is 0. The van der Waals surface area contributed by atoms with E-state index in [9.17, 15) is 9.59 Å². The number of hydrogen-bond donors (Lipinski definition) is 0. The van der Waals surface area contributed by atoms with E-state index in [1.54, 1.807) is 6.92 Å². The molecule has 0 aromatic heterocycles. The molecule has 2 unspecified atom stereocenters. The Morgan fingerprint density at radius 1 is 1.33 bits per heavy atom. The molecular weight excluding hydrogens is 116 g/mol. The predicted molar refractivity (Wildman–Crippen MR) is 33.0 cm³/mol. The number of Topliss-reactive ketones (excluding diaryl/α,β-unsaturated/α-hetero) is 2. The molecule has 2 atom stereocenters. The maximum Gasteiger partial charge on any atom is 0.146 e. The van der Waals surface area contributed by atoms with Crippen LogP contribution in [0.1, 0.15) is 20.3 Å². The Balaban J connectivity index is 2.77. The van der Waals surface area contributed by atoms with Crippen LogP contribution in [0.15, 0.2) is 0 Å². The van der Waals surface area contributed by atoms with Crippen LogP contribution in [0.5, 0.6) is 0 Å². The third-order valence-corrected chi connectivity index (χ3v) is 1.90. The van der Waals surface area contributed by atoms with E-state index in [1.165, 1.54) is 0 Å². The quantitative estimate of drug-likeness (QED) is 0.450. The summed E-state index contributed by atoms with van der Waals surface area (Å²) in [7, 11) is 0. The van der Waals surface area contributed by atoms with Crippen LogP contribution >= 0.6 is 0 Å². The number of carbonyl (C=O) groups is 2. The summed E-state index contributed by atoms with van der Waals surface area (Å²) in [5.41, 5.74) is 0. The van der Waals surface area contributed by atoms with Crippen LogP contribution < -0.4 is 0 Å². The molecule has 0 N–H and O–H groups in total. The fourth-order valence-corrected chi connectivity index (χ4v) is 1.16. The average Bonchev–Trinajstić information content (AvgIpc) is 1.98. The van der Waals surface area contributed by atoms with Crippen molar-refractivity contribution in [1.82, 2.24) is 0 Å². The molecule has 1 rings (SSSR count). The molecule has 0 amide bonds. The van der Waals surface area contributed by atoms with Gasteiger partial charge in [0, 0.05) is 12.3 Å². The highest BCUT2D eigenvalue weighted by Gasteiger charge is 2.34. The molecule has 1 saturated carbocycles. The van der Waals surface area contributed by atoms with E-state index in [-0.39, 0.29) is 23.4 Å². The van der Waals surface area contributed by atoms with Gasteiger partial charge in [0.25, 0.3) is 0 Å². The Bertz CT molecular complexity index is 160. The Hall–Kier alpha value is -0.660. The fraction of sp³-hybridized carbons (Fsp3) is 0.714. The van der Waals surface area contributed by atoms with Crippen molar-refractivity contribution >= 4 is 11.6 Å². The third kappa shape index (κ3) is 0.889. The van der Waals surface area contributed by atoms with Gasteiger partial charge in [0.1, 0.15) is 11.6 Å². The molecule has 1 fully saturated rings. The van der Waals surface area contributed by atoms with Gasteiger partial charge in [-0.1, -0.05) is 6.92 Å². The first kappa shape index (κ1) is 6.46. The summed E-state index contributed by atoms with van der Waals surface area (Å²) in [6.45, 7) is 3.50. The Morgan fingerprint density at radius 2 is 1.89 bits per heavy atom. The van der Waals surface area contributed by atoms with Crippen LogP contribution in [-0.2, 0) is 9.59 Å². The van der Waals surface area contributed by atoms with E-state index >= 15 is 0 Å². The Labute approximate surface area is 54.2 Å². The lowest BCUT2D eigenvalue weighted by Crippen LogP contribution is -2.11. The third-order valence-electron chi connectivity index (χ3n) is 1.90. The zero-order valence-electron chi connectivity index (χ0n) is 5.68. The van der Waals surface area contributed by atoms with Crippen LogP contribution in [0.25, 0.3) is 0 Å². The second kappa shape index (κ2) is 1.94. The van der Waals surface area contributed by atoms with E-state index < -0.39 is 0 Å². The normalized spacial score (nSPS) is 35.8. The SMILES string of the molecule is CC1CC(=O)C(C)C1=O. The van der Waals surface area contributed by atoms with Crippen molar-refractivity contribution in [2.24, 2.45) is 11.8 Å². The van der Waals surface area contributed by atoms with Crippen molar-refractivity contribution < 1.29 is 9.59 Å². The van der Waals surface area contributed by atoms with E-state index in [0.717, 1.165) is 0 Å². The molecule has 1 aliphatic rings. The molecule has 0 heterocycles. The molecule has 0 aliphatic heterocycles. The molecule has 0 radical (unpaired) electrons. The predicted octanol–water partition coefficient (Wildman–Crippen LogP) is 0.800. The first-order chi connectivity index (χ1) is 4.13. The van der Waals surface area contributed by atoms with Crippen molar-refractivity contribution in [3.8, 4) is 0 Å². The minimum Gasteiger partial charge on any atom is -0.299 e.